The number of azide groups is 1. The van der Waals surface area contributed by atoms with Crippen molar-refractivity contribution in [2.45, 2.75) is 50.7 Å². The van der Waals surface area contributed by atoms with Crippen molar-refractivity contribution in [3.63, 3.8) is 0 Å². The summed E-state index contributed by atoms with van der Waals surface area (Å²) in [6, 6.07) is 0.0827. The van der Waals surface area contributed by atoms with E-state index in [2.05, 4.69) is 10.0 Å². The maximum atomic E-state index is 8.37. The van der Waals surface area contributed by atoms with Gasteiger partial charge in [-0.2, -0.15) is 0 Å². The summed E-state index contributed by atoms with van der Waals surface area (Å²) in [4.78, 5) is 2.87. The fourth-order valence-corrected chi connectivity index (χ4v) is 2.65. The van der Waals surface area contributed by atoms with Crippen LogP contribution in [0.5, 0.6) is 0 Å². The molecule has 78 valence electrons. The molecule has 1 aliphatic carbocycles. The highest BCUT2D eigenvalue weighted by atomic mass is 16.5. The number of hydrogen-bond donors (Lipinski definition) is 0. The van der Waals surface area contributed by atoms with Crippen molar-refractivity contribution in [1.82, 2.24) is 0 Å². The van der Waals surface area contributed by atoms with E-state index in [1.54, 1.807) is 0 Å². The Balaban J connectivity index is 1.96. The van der Waals surface area contributed by atoms with Crippen LogP contribution in [0.3, 0.4) is 0 Å². The van der Waals surface area contributed by atoms with Crippen LogP contribution in [0, 0.1) is 5.92 Å². The monoisotopic (exact) mass is 195 g/mol. The lowest BCUT2D eigenvalue weighted by Crippen LogP contribution is -2.35. The van der Waals surface area contributed by atoms with Gasteiger partial charge in [-0.15, -0.1) is 0 Å². The lowest BCUT2D eigenvalue weighted by molar-refractivity contribution is -0.0389. The Hall–Kier alpha value is -0.730. The summed E-state index contributed by atoms with van der Waals surface area (Å²) in [5.41, 5.74) is 8.37. The lowest BCUT2D eigenvalue weighted by Gasteiger charge is -2.33. The minimum Gasteiger partial charge on any atom is -0.378 e. The second kappa shape index (κ2) is 4.67. The summed E-state index contributed by atoms with van der Waals surface area (Å²) in [5.74, 6) is 0.641. The SMILES string of the molecule is [N-]=[N+]=N[C@@H]1CO[C@H]2CCCCC[C@H]2C1. The molecule has 0 aromatic carbocycles. The Morgan fingerprint density at radius 3 is 2.93 bits per heavy atom. The van der Waals surface area contributed by atoms with Gasteiger partial charge in [0, 0.05) is 4.91 Å². The van der Waals surface area contributed by atoms with Gasteiger partial charge in [-0.05, 0) is 30.7 Å². The van der Waals surface area contributed by atoms with Crippen LogP contribution in [-0.4, -0.2) is 18.8 Å². The summed E-state index contributed by atoms with van der Waals surface area (Å²) in [5, 5.41) is 3.76. The fraction of sp³-hybridized carbons (Fsp3) is 1.00. The number of hydrogen-bond acceptors (Lipinski definition) is 2. The summed E-state index contributed by atoms with van der Waals surface area (Å²) in [7, 11) is 0. The van der Waals surface area contributed by atoms with E-state index < -0.39 is 0 Å². The van der Waals surface area contributed by atoms with E-state index in [9.17, 15) is 0 Å². The Morgan fingerprint density at radius 2 is 2.07 bits per heavy atom. The van der Waals surface area contributed by atoms with E-state index >= 15 is 0 Å². The second-order valence-electron chi connectivity index (χ2n) is 4.36. The third-order valence-electron chi connectivity index (χ3n) is 3.38. The molecule has 1 heterocycles. The van der Waals surface area contributed by atoms with Crippen molar-refractivity contribution in [2.24, 2.45) is 11.0 Å². The average molecular weight is 195 g/mol. The van der Waals surface area contributed by atoms with Crippen molar-refractivity contribution in [2.75, 3.05) is 6.61 Å². The van der Waals surface area contributed by atoms with Crippen LogP contribution in [0.25, 0.3) is 10.4 Å². The molecule has 0 aromatic rings. The van der Waals surface area contributed by atoms with Gasteiger partial charge in [0.2, 0.25) is 0 Å². The summed E-state index contributed by atoms with van der Waals surface area (Å²) in [6.45, 7) is 0.630. The molecule has 3 atom stereocenters. The van der Waals surface area contributed by atoms with Crippen molar-refractivity contribution in [1.29, 1.82) is 0 Å². The molecule has 2 rings (SSSR count). The molecule has 0 unspecified atom stereocenters. The predicted octanol–water partition coefficient (Wildman–Crippen LogP) is 3.03. The third-order valence-corrected chi connectivity index (χ3v) is 3.38. The Kier molecular flexibility index (Phi) is 3.27. The van der Waals surface area contributed by atoms with Gasteiger partial charge in [-0.1, -0.05) is 24.4 Å². The largest absolute Gasteiger partial charge is 0.378 e. The van der Waals surface area contributed by atoms with Gasteiger partial charge in [-0.25, -0.2) is 0 Å². The van der Waals surface area contributed by atoms with Crippen molar-refractivity contribution in [3.05, 3.63) is 10.4 Å². The molecule has 1 aliphatic heterocycles. The molecule has 2 aliphatic rings. The highest BCUT2D eigenvalue weighted by molar-refractivity contribution is 4.84. The third kappa shape index (κ3) is 2.20. The van der Waals surface area contributed by atoms with E-state index in [4.69, 9.17) is 10.3 Å². The summed E-state index contributed by atoms with van der Waals surface area (Å²) in [6.07, 6.45) is 7.89. The Labute approximate surface area is 84.3 Å². The molecule has 0 radical (unpaired) electrons. The van der Waals surface area contributed by atoms with E-state index in [1.165, 1.54) is 32.1 Å². The maximum Gasteiger partial charge on any atom is 0.0611 e. The zero-order valence-corrected chi connectivity index (χ0v) is 8.43. The summed E-state index contributed by atoms with van der Waals surface area (Å²) >= 11 is 0. The van der Waals surface area contributed by atoms with Crippen LogP contribution in [0.15, 0.2) is 5.11 Å². The molecule has 2 fully saturated rings. The number of fused-ring (bicyclic) bond motifs is 1. The van der Waals surface area contributed by atoms with Crippen LogP contribution < -0.4 is 0 Å². The van der Waals surface area contributed by atoms with Gasteiger partial charge in [0.25, 0.3) is 0 Å². The molecule has 0 spiro atoms. The zero-order chi connectivity index (χ0) is 9.80. The molecular formula is C10H17N3O. The predicted molar refractivity (Wildman–Crippen MR) is 53.9 cm³/mol. The fourth-order valence-electron chi connectivity index (χ4n) is 2.65. The van der Waals surface area contributed by atoms with Crippen LogP contribution in [0.1, 0.15) is 38.5 Å². The molecule has 0 aromatic heterocycles. The second-order valence-corrected chi connectivity index (χ2v) is 4.36. The van der Waals surface area contributed by atoms with Gasteiger partial charge in [0.1, 0.15) is 0 Å². The standard InChI is InChI=1S/C10H17N3O/c11-13-12-9-6-8-4-2-1-3-5-10(8)14-7-9/h8-10H,1-7H2/t8-,9-,10-/m0/s1. The Bertz CT molecular complexity index is 238. The molecule has 0 amide bonds. The van der Waals surface area contributed by atoms with Crippen LogP contribution in [0.2, 0.25) is 0 Å². The van der Waals surface area contributed by atoms with Crippen LogP contribution >= 0.6 is 0 Å². The first-order valence-corrected chi connectivity index (χ1v) is 5.56. The molecular weight excluding hydrogens is 178 g/mol. The minimum atomic E-state index is 0.0827. The highest BCUT2D eigenvalue weighted by Crippen LogP contribution is 2.33. The van der Waals surface area contributed by atoms with Gasteiger partial charge < -0.3 is 4.74 Å². The molecule has 4 heteroatoms. The van der Waals surface area contributed by atoms with E-state index in [1.807, 2.05) is 0 Å². The minimum absolute atomic E-state index is 0.0827. The van der Waals surface area contributed by atoms with Gasteiger partial charge in [0.15, 0.2) is 0 Å². The lowest BCUT2D eigenvalue weighted by atomic mass is 9.88. The van der Waals surface area contributed by atoms with Crippen molar-refractivity contribution >= 4 is 0 Å². The van der Waals surface area contributed by atoms with Crippen molar-refractivity contribution < 1.29 is 4.74 Å². The summed E-state index contributed by atoms with van der Waals surface area (Å²) < 4.78 is 5.76. The van der Waals surface area contributed by atoms with Crippen LogP contribution in [0.4, 0.5) is 0 Å². The van der Waals surface area contributed by atoms with E-state index in [-0.39, 0.29) is 6.04 Å². The van der Waals surface area contributed by atoms with Gasteiger partial charge in [0.05, 0.1) is 18.8 Å². The zero-order valence-electron chi connectivity index (χ0n) is 8.43. The first kappa shape index (κ1) is 9.81. The average Bonchev–Trinajstić information content (AvgIpc) is 2.42. The Morgan fingerprint density at radius 1 is 1.21 bits per heavy atom. The van der Waals surface area contributed by atoms with E-state index in [0.717, 1.165) is 6.42 Å². The van der Waals surface area contributed by atoms with Crippen molar-refractivity contribution in [3.8, 4) is 0 Å². The van der Waals surface area contributed by atoms with E-state index in [0.29, 0.717) is 18.6 Å². The smallest absolute Gasteiger partial charge is 0.0611 e. The maximum absolute atomic E-state index is 8.37. The normalized spacial score (nSPS) is 37.9. The first-order chi connectivity index (χ1) is 6.90. The molecule has 0 bridgehead atoms. The number of ether oxygens (including phenoxy) is 1. The molecule has 1 saturated carbocycles. The van der Waals surface area contributed by atoms with Gasteiger partial charge >= 0.3 is 0 Å². The molecule has 1 saturated heterocycles. The molecule has 14 heavy (non-hydrogen) atoms. The quantitative estimate of drug-likeness (QED) is 0.360. The number of nitrogens with zero attached hydrogens (tertiary/aromatic N) is 3. The number of rotatable bonds is 1. The topological polar surface area (TPSA) is 58.0 Å². The molecule has 0 N–H and O–H groups in total. The highest BCUT2D eigenvalue weighted by Gasteiger charge is 2.31. The molecule has 4 nitrogen and oxygen atoms in total. The van der Waals surface area contributed by atoms with Gasteiger partial charge in [-0.3, -0.25) is 0 Å². The van der Waals surface area contributed by atoms with Crippen LogP contribution in [-0.2, 0) is 4.74 Å². The first-order valence-electron chi connectivity index (χ1n) is 5.56.